The minimum Gasteiger partial charge on any atom is -0.481 e. The summed E-state index contributed by atoms with van der Waals surface area (Å²) in [6.45, 7) is 3.56. The molecule has 0 heterocycles. The Morgan fingerprint density at radius 2 is 1.29 bits per heavy atom. The van der Waals surface area contributed by atoms with Crippen LogP contribution in [0.3, 0.4) is 0 Å². The number of Topliss-reactive ketones (excluding diaryl/α,β-unsaturated/α-hetero) is 2. The monoisotopic (exact) mass is 589 g/mol. The van der Waals surface area contributed by atoms with Crippen LogP contribution in [0.1, 0.15) is 70.8 Å². The van der Waals surface area contributed by atoms with Gasteiger partial charge in [0.1, 0.15) is 5.78 Å². The Balaban J connectivity index is 3.16. The maximum atomic E-state index is 13.5. The molecule has 4 atom stereocenters. The van der Waals surface area contributed by atoms with Crippen LogP contribution < -0.4 is 27.8 Å². The fourth-order valence-corrected chi connectivity index (χ4v) is 4.31. The summed E-state index contributed by atoms with van der Waals surface area (Å²) in [7, 11) is 0. The quantitative estimate of drug-likeness (QED) is 0.114. The number of carboxylic acid groups (broad SMARTS) is 1. The number of benzene rings is 1. The average molecular weight is 590 g/mol. The fourth-order valence-electron chi connectivity index (χ4n) is 4.31. The molecular weight excluding hydrogens is 546 g/mol. The Morgan fingerprint density at radius 1 is 0.738 bits per heavy atom. The number of carboxylic acids is 1. The van der Waals surface area contributed by atoms with Gasteiger partial charge in [0, 0.05) is 50.0 Å². The molecule has 1 rings (SSSR count). The maximum Gasteiger partial charge on any atom is 0.303 e. The standard InChI is InChI=1S/C29H43N5O8/c1-17(2)33-29(42)20(14-18-6-4-3-5-7-18)16-24(36)22(10-13-27(39)40)34-28(41)19(8-11-25(31)37)15-23(35)21(30)9-12-26(32)38/h3-7,17,19-22H,8-16,30H2,1-2H3,(H2,31,37)(H2,32,38)(H,33,42)(H,34,41)(H,39,40)/t19?,20?,21-,22-/m0/s1. The lowest BCUT2D eigenvalue weighted by Gasteiger charge is -2.24. The number of amides is 4. The summed E-state index contributed by atoms with van der Waals surface area (Å²) < 4.78 is 0. The van der Waals surface area contributed by atoms with E-state index in [9.17, 15) is 38.7 Å². The van der Waals surface area contributed by atoms with Gasteiger partial charge in [-0.1, -0.05) is 30.3 Å². The van der Waals surface area contributed by atoms with Crippen LogP contribution in [-0.2, 0) is 40.0 Å². The molecule has 1 aromatic carbocycles. The lowest BCUT2D eigenvalue weighted by atomic mass is 9.89. The van der Waals surface area contributed by atoms with Crippen LogP contribution in [0.2, 0.25) is 0 Å². The number of hydrogen-bond donors (Lipinski definition) is 6. The zero-order valence-electron chi connectivity index (χ0n) is 24.2. The maximum absolute atomic E-state index is 13.5. The van der Waals surface area contributed by atoms with Gasteiger partial charge in [0.25, 0.3) is 0 Å². The zero-order valence-corrected chi connectivity index (χ0v) is 24.2. The SMILES string of the molecule is CC(C)NC(=O)C(CC(=O)[C@H](CCC(=O)O)NC(=O)C(CCC(N)=O)CC(=O)[C@@H](N)CCC(N)=O)Cc1ccccc1. The van der Waals surface area contributed by atoms with Crippen molar-refractivity contribution < 1.29 is 38.7 Å². The van der Waals surface area contributed by atoms with Crippen LogP contribution in [0.25, 0.3) is 0 Å². The summed E-state index contributed by atoms with van der Waals surface area (Å²) in [6.07, 6.45) is -1.64. The van der Waals surface area contributed by atoms with Crippen molar-refractivity contribution in [1.29, 1.82) is 0 Å². The number of primary amides is 2. The third kappa shape index (κ3) is 14.5. The van der Waals surface area contributed by atoms with E-state index in [1.165, 1.54) is 0 Å². The summed E-state index contributed by atoms with van der Waals surface area (Å²) in [6, 6.07) is 6.52. The van der Waals surface area contributed by atoms with E-state index in [2.05, 4.69) is 10.6 Å². The van der Waals surface area contributed by atoms with Gasteiger partial charge in [-0.15, -0.1) is 0 Å². The first-order chi connectivity index (χ1) is 19.7. The number of rotatable bonds is 21. The predicted octanol–water partition coefficient (Wildman–Crippen LogP) is 0.112. The summed E-state index contributed by atoms with van der Waals surface area (Å²) in [4.78, 5) is 86.2. The Morgan fingerprint density at radius 3 is 1.83 bits per heavy atom. The number of hydrogen-bond acceptors (Lipinski definition) is 8. The summed E-state index contributed by atoms with van der Waals surface area (Å²) in [5.74, 6) is -6.67. The molecule has 13 nitrogen and oxygen atoms in total. The highest BCUT2D eigenvalue weighted by Gasteiger charge is 2.32. The predicted molar refractivity (Wildman–Crippen MR) is 153 cm³/mol. The highest BCUT2D eigenvalue weighted by atomic mass is 16.4. The highest BCUT2D eigenvalue weighted by Crippen LogP contribution is 2.19. The Kier molecular flexibility index (Phi) is 15.7. The molecule has 13 heteroatoms. The third-order valence-electron chi connectivity index (χ3n) is 6.60. The molecule has 232 valence electrons. The Labute approximate surface area is 245 Å². The van der Waals surface area contributed by atoms with Crippen molar-refractivity contribution in [3.05, 3.63) is 35.9 Å². The minimum atomic E-state index is -1.27. The molecule has 9 N–H and O–H groups in total. The molecule has 0 aromatic heterocycles. The molecule has 1 aromatic rings. The Bertz CT molecular complexity index is 1110. The van der Waals surface area contributed by atoms with Gasteiger partial charge in [-0.25, -0.2) is 0 Å². The number of aliphatic carboxylic acids is 1. The van der Waals surface area contributed by atoms with Crippen molar-refractivity contribution in [3.63, 3.8) is 0 Å². The van der Waals surface area contributed by atoms with E-state index >= 15 is 0 Å². The fraction of sp³-hybridized carbons (Fsp3) is 0.552. The van der Waals surface area contributed by atoms with Crippen molar-refractivity contribution in [2.45, 2.75) is 89.8 Å². The average Bonchev–Trinajstić information content (AvgIpc) is 2.91. The van der Waals surface area contributed by atoms with Crippen LogP contribution in [0.15, 0.2) is 30.3 Å². The Hall–Kier alpha value is -4.13. The molecular formula is C29H43N5O8. The highest BCUT2D eigenvalue weighted by molar-refractivity contribution is 5.95. The second-order valence-electron chi connectivity index (χ2n) is 10.7. The van der Waals surface area contributed by atoms with Crippen LogP contribution in [0.4, 0.5) is 0 Å². The van der Waals surface area contributed by atoms with Crippen molar-refractivity contribution in [2.75, 3.05) is 0 Å². The zero-order chi connectivity index (χ0) is 31.8. The topological polar surface area (TPSA) is 242 Å². The first-order valence-corrected chi connectivity index (χ1v) is 13.9. The van der Waals surface area contributed by atoms with Gasteiger partial charge in [0.2, 0.25) is 23.6 Å². The van der Waals surface area contributed by atoms with E-state index < -0.39 is 72.0 Å². The van der Waals surface area contributed by atoms with E-state index in [1.54, 1.807) is 26.0 Å². The normalized spacial score (nSPS) is 13.8. The van der Waals surface area contributed by atoms with Gasteiger partial charge in [0.15, 0.2) is 5.78 Å². The molecule has 2 unspecified atom stereocenters. The van der Waals surface area contributed by atoms with Gasteiger partial charge in [-0.2, -0.15) is 0 Å². The first kappa shape index (κ1) is 35.9. The smallest absolute Gasteiger partial charge is 0.303 e. The number of nitrogens with two attached hydrogens (primary N) is 3. The molecule has 0 aliphatic rings. The number of nitrogens with one attached hydrogen (secondary N) is 2. The van der Waals surface area contributed by atoms with E-state index in [4.69, 9.17) is 17.2 Å². The van der Waals surface area contributed by atoms with Gasteiger partial charge < -0.3 is 32.9 Å². The summed E-state index contributed by atoms with van der Waals surface area (Å²) in [5, 5.41) is 14.6. The van der Waals surface area contributed by atoms with Crippen LogP contribution in [0, 0.1) is 11.8 Å². The van der Waals surface area contributed by atoms with Gasteiger partial charge in [-0.3, -0.25) is 33.6 Å². The molecule has 0 aliphatic heterocycles. The summed E-state index contributed by atoms with van der Waals surface area (Å²) >= 11 is 0. The minimum absolute atomic E-state index is 0.0285. The molecule has 0 bridgehead atoms. The molecule has 0 saturated carbocycles. The molecule has 0 saturated heterocycles. The van der Waals surface area contributed by atoms with Crippen molar-refractivity contribution in [3.8, 4) is 0 Å². The lowest BCUT2D eigenvalue weighted by Crippen LogP contribution is -2.47. The van der Waals surface area contributed by atoms with E-state index in [1.807, 2.05) is 18.2 Å². The third-order valence-corrected chi connectivity index (χ3v) is 6.60. The molecule has 0 radical (unpaired) electrons. The second-order valence-corrected chi connectivity index (χ2v) is 10.7. The molecule has 4 amide bonds. The van der Waals surface area contributed by atoms with Gasteiger partial charge >= 0.3 is 5.97 Å². The number of carbonyl (C=O) groups excluding carboxylic acids is 6. The van der Waals surface area contributed by atoms with E-state index in [-0.39, 0.29) is 56.9 Å². The second kappa shape index (κ2) is 18.3. The number of ketones is 2. The van der Waals surface area contributed by atoms with Gasteiger partial charge in [-0.05, 0) is 45.1 Å². The van der Waals surface area contributed by atoms with E-state index in [0.29, 0.717) is 0 Å². The molecule has 0 fully saturated rings. The largest absolute Gasteiger partial charge is 0.481 e. The van der Waals surface area contributed by atoms with Crippen LogP contribution in [-0.4, -0.2) is 64.4 Å². The van der Waals surface area contributed by atoms with Gasteiger partial charge in [0.05, 0.1) is 12.1 Å². The van der Waals surface area contributed by atoms with Crippen molar-refractivity contribution in [2.24, 2.45) is 29.0 Å². The molecule has 42 heavy (non-hydrogen) atoms. The summed E-state index contributed by atoms with van der Waals surface area (Å²) in [5.41, 5.74) is 17.0. The van der Waals surface area contributed by atoms with Crippen molar-refractivity contribution in [1.82, 2.24) is 10.6 Å². The van der Waals surface area contributed by atoms with E-state index in [0.717, 1.165) is 5.56 Å². The molecule has 0 aliphatic carbocycles. The van der Waals surface area contributed by atoms with Crippen molar-refractivity contribution >= 4 is 41.2 Å². The number of carbonyl (C=O) groups is 7. The first-order valence-electron chi connectivity index (χ1n) is 13.9. The molecule has 0 spiro atoms. The lowest BCUT2D eigenvalue weighted by molar-refractivity contribution is -0.138. The van der Waals surface area contributed by atoms with Crippen LogP contribution >= 0.6 is 0 Å². The van der Waals surface area contributed by atoms with Crippen LogP contribution in [0.5, 0.6) is 0 Å².